The zero-order valence-electron chi connectivity index (χ0n) is 11.5. The minimum absolute atomic E-state index is 0.130. The van der Waals surface area contributed by atoms with Gasteiger partial charge in [-0.1, -0.05) is 29.8 Å². The molecule has 2 rings (SSSR count). The fourth-order valence-electron chi connectivity index (χ4n) is 1.98. The van der Waals surface area contributed by atoms with Crippen molar-refractivity contribution in [2.45, 2.75) is 20.0 Å². The first kappa shape index (κ1) is 15.5. The molecular formula is C14H17ClNO3P. The monoisotopic (exact) mass is 313 g/mol. The molecule has 0 aliphatic heterocycles. The highest BCUT2D eigenvalue weighted by Crippen LogP contribution is 2.52. The first-order chi connectivity index (χ1) is 9.58. The molecule has 0 bridgehead atoms. The summed E-state index contributed by atoms with van der Waals surface area (Å²) in [6.45, 7) is 4.23. The summed E-state index contributed by atoms with van der Waals surface area (Å²) in [7, 11) is -3.17. The SMILES string of the molecule is CCOP(=O)(Cc1cc2ccccc2nc1Cl)OCC. The maximum Gasteiger partial charge on any atom is 0.335 e. The van der Waals surface area contributed by atoms with Crippen LogP contribution in [0.5, 0.6) is 0 Å². The Kier molecular flexibility index (Phi) is 5.17. The van der Waals surface area contributed by atoms with E-state index in [2.05, 4.69) is 4.98 Å². The Hall–Kier alpha value is -0.930. The number of hydrogen-bond acceptors (Lipinski definition) is 4. The Morgan fingerprint density at radius 3 is 2.50 bits per heavy atom. The molecule has 0 spiro atoms. The number of rotatable bonds is 6. The van der Waals surface area contributed by atoms with Crippen LogP contribution in [-0.2, 0) is 19.8 Å². The van der Waals surface area contributed by atoms with Gasteiger partial charge in [-0.2, -0.15) is 0 Å². The van der Waals surface area contributed by atoms with Crippen molar-refractivity contribution in [1.82, 2.24) is 4.98 Å². The van der Waals surface area contributed by atoms with Gasteiger partial charge in [0, 0.05) is 10.9 Å². The lowest BCUT2D eigenvalue weighted by Crippen LogP contribution is -2.00. The van der Waals surface area contributed by atoms with E-state index in [4.69, 9.17) is 20.6 Å². The van der Waals surface area contributed by atoms with E-state index in [-0.39, 0.29) is 6.16 Å². The number of aromatic nitrogens is 1. The topological polar surface area (TPSA) is 48.4 Å². The van der Waals surface area contributed by atoms with Crippen LogP contribution in [0.15, 0.2) is 30.3 Å². The highest BCUT2D eigenvalue weighted by molar-refractivity contribution is 7.53. The zero-order valence-corrected chi connectivity index (χ0v) is 13.2. The highest BCUT2D eigenvalue weighted by atomic mass is 35.5. The number of hydrogen-bond donors (Lipinski definition) is 0. The van der Waals surface area contributed by atoms with Crippen molar-refractivity contribution >= 4 is 30.1 Å². The van der Waals surface area contributed by atoms with Crippen LogP contribution in [0.25, 0.3) is 10.9 Å². The maximum atomic E-state index is 12.5. The van der Waals surface area contributed by atoms with Gasteiger partial charge in [-0.05, 0) is 26.0 Å². The Morgan fingerprint density at radius 2 is 1.85 bits per heavy atom. The second kappa shape index (κ2) is 6.68. The largest absolute Gasteiger partial charge is 0.335 e. The molecule has 20 heavy (non-hydrogen) atoms. The fraction of sp³-hybridized carbons (Fsp3) is 0.357. The summed E-state index contributed by atoms with van der Waals surface area (Å²) in [4.78, 5) is 4.31. The summed E-state index contributed by atoms with van der Waals surface area (Å²) >= 11 is 6.17. The van der Waals surface area contributed by atoms with Gasteiger partial charge in [0.25, 0.3) is 0 Å². The van der Waals surface area contributed by atoms with Crippen molar-refractivity contribution in [3.8, 4) is 0 Å². The predicted octanol–water partition coefficient (Wildman–Crippen LogP) is 4.65. The number of fused-ring (bicyclic) bond motifs is 1. The third kappa shape index (κ3) is 3.58. The second-order valence-electron chi connectivity index (χ2n) is 4.24. The van der Waals surface area contributed by atoms with Crippen LogP contribution in [0.2, 0.25) is 5.15 Å². The van der Waals surface area contributed by atoms with Crippen LogP contribution >= 0.6 is 19.2 Å². The molecule has 0 aliphatic rings. The van der Waals surface area contributed by atoms with E-state index in [1.165, 1.54) is 0 Å². The Balaban J connectivity index is 2.36. The van der Waals surface area contributed by atoms with Crippen molar-refractivity contribution in [3.63, 3.8) is 0 Å². The number of halogens is 1. The molecule has 1 aromatic carbocycles. The number of pyridine rings is 1. The third-order valence-electron chi connectivity index (χ3n) is 2.77. The molecule has 108 valence electrons. The summed E-state index contributed by atoms with van der Waals surface area (Å²) in [5, 5.41) is 1.29. The minimum Gasteiger partial charge on any atom is -0.309 e. The van der Waals surface area contributed by atoms with E-state index >= 15 is 0 Å². The van der Waals surface area contributed by atoms with Gasteiger partial charge in [-0.15, -0.1) is 0 Å². The van der Waals surface area contributed by atoms with Crippen molar-refractivity contribution < 1.29 is 13.6 Å². The smallest absolute Gasteiger partial charge is 0.309 e. The molecule has 4 nitrogen and oxygen atoms in total. The van der Waals surface area contributed by atoms with Gasteiger partial charge in [0.2, 0.25) is 0 Å². The van der Waals surface area contributed by atoms with E-state index in [0.29, 0.717) is 23.9 Å². The molecule has 2 aromatic rings. The lowest BCUT2D eigenvalue weighted by Gasteiger charge is -2.17. The van der Waals surface area contributed by atoms with Crippen molar-refractivity contribution in [1.29, 1.82) is 0 Å². The second-order valence-corrected chi connectivity index (χ2v) is 6.65. The maximum absolute atomic E-state index is 12.5. The predicted molar refractivity (Wildman–Crippen MR) is 81.3 cm³/mol. The minimum atomic E-state index is -3.17. The molecule has 0 atom stereocenters. The highest BCUT2D eigenvalue weighted by Gasteiger charge is 2.25. The first-order valence-electron chi connectivity index (χ1n) is 6.50. The molecule has 0 aliphatic carbocycles. The lowest BCUT2D eigenvalue weighted by molar-refractivity contribution is 0.219. The zero-order chi connectivity index (χ0) is 14.6. The van der Waals surface area contributed by atoms with Gasteiger partial charge in [-0.3, -0.25) is 4.57 Å². The molecule has 0 saturated heterocycles. The van der Waals surface area contributed by atoms with Gasteiger partial charge in [-0.25, -0.2) is 4.98 Å². The average Bonchev–Trinajstić information content (AvgIpc) is 2.40. The molecule has 1 heterocycles. The molecule has 1 aromatic heterocycles. The Labute approximate surface area is 123 Å². The van der Waals surface area contributed by atoms with E-state index < -0.39 is 7.60 Å². The van der Waals surface area contributed by atoms with Crippen LogP contribution in [-0.4, -0.2) is 18.2 Å². The standard InChI is InChI=1S/C14H17ClNO3P/c1-3-18-20(17,19-4-2)10-12-9-11-7-5-6-8-13(11)16-14(12)15/h5-9H,3-4,10H2,1-2H3. The summed E-state index contributed by atoms with van der Waals surface area (Å²) in [5.74, 6) is 0. The summed E-state index contributed by atoms with van der Waals surface area (Å²) in [6.07, 6.45) is 0.130. The Bertz CT molecular complexity index is 637. The summed E-state index contributed by atoms with van der Waals surface area (Å²) < 4.78 is 23.1. The van der Waals surface area contributed by atoms with E-state index in [1.807, 2.05) is 30.3 Å². The molecule has 6 heteroatoms. The van der Waals surface area contributed by atoms with Gasteiger partial charge in [0.05, 0.1) is 24.9 Å². The fourth-order valence-corrected chi connectivity index (χ4v) is 3.99. The van der Waals surface area contributed by atoms with Crippen LogP contribution in [0.3, 0.4) is 0 Å². The molecular weight excluding hydrogens is 297 g/mol. The average molecular weight is 314 g/mol. The van der Waals surface area contributed by atoms with Crippen molar-refractivity contribution in [2.75, 3.05) is 13.2 Å². The normalized spacial score (nSPS) is 11.9. The molecule has 0 unspecified atom stereocenters. The van der Waals surface area contributed by atoms with Gasteiger partial charge < -0.3 is 9.05 Å². The molecule has 0 saturated carbocycles. The molecule has 0 radical (unpaired) electrons. The summed E-state index contributed by atoms with van der Waals surface area (Å²) in [6, 6.07) is 9.53. The third-order valence-corrected chi connectivity index (χ3v) is 5.12. The molecule has 0 amide bonds. The number of nitrogens with zero attached hydrogens (tertiary/aromatic N) is 1. The van der Waals surface area contributed by atoms with Crippen molar-refractivity contribution in [3.05, 3.63) is 41.0 Å². The summed E-state index contributed by atoms with van der Waals surface area (Å²) in [5.41, 5.74) is 1.49. The van der Waals surface area contributed by atoms with E-state index in [0.717, 1.165) is 10.9 Å². The van der Waals surface area contributed by atoms with Crippen LogP contribution in [0.1, 0.15) is 19.4 Å². The first-order valence-corrected chi connectivity index (χ1v) is 8.61. The van der Waals surface area contributed by atoms with Crippen LogP contribution < -0.4 is 0 Å². The van der Waals surface area contributed by atoms with Crippen LogP contribution in [0, 0.1) is 0 Å². The van der Waals surface area contributed by atoms with E-state index in [1.54, 1.807) is 13.8 Å². The Morgan fingerprint density at radius 1 is 1.20 bits per heavy atom. The molecule has 0 fully saturated rings. The van der Waals surface area contributed by atoms with Gasteiger partial charge >= 0.3 is 7.60 Å². The van der Waals surface area contributed by atoms with Gasteiger partial charge in [0.15, 0.2) is 0 Å². The van der Waals surface area contributed by atoms with Crippen molar-refractivity contribution in [2.24, 2.45) is 0 Å². The lowest BCUT2D eigenvalue weighted by atomic mass is 10.2. The quantitative estimate of drug-likeness (QED) is 0.575. The van der Waals surface area contributed by atoms with E-state index in [9.17, 15) is 4.57 Å². The molecule has 0 N–H and O–H groups in total. The number of benzene rings is 1. The number of para-hydroxylation sites is 1. The van der Waals surface area contributed by atoms with Gasteiger partial charge in [0.1, 0.15) is 5.15 Å². The van der Waals surface area contributed by atoms with Crippen LogP contribution in [0.4, 0.5) is 0 Å².